The molecule has 2 aromatic heterocycles. The number of hydrazine groups is 2. The lowest BCUT2D eigenvalue weighted by atomic mass is 9.98. The highest BCUT2D eigenvalue weighted by Gasteiger charge is 2.33. The molecule has 0 radical (unpaired) electrons. The molecule has 2 aliphatic rings. The van der Waals surface area contributed by atoms with Crippen molar-refractivity contribution in [2.45, 2.75) is 72.0 Å². The molecule has 0 unspecified atom stereocenters. The fraction of sp³-hybridized carbons (Fsp3) is 0.382. The number of nitrogens with one attached hydrogen (secondary N) is 4. The second-order valence-electron chi connectivity index (χ2n) is 13.0. The van der Waals surface area contributed by atoms with Gasteiger partial charge in [0, 0.05) is 65.8 Å². The maximum Gasteiger partial charge on any atom is 0.191 e. The number of anilines is 3. The summed E-state index contributed by atoms with van der Waals surface area (Å²) in [4.78, 5) is 11.8. The summed E-state index contributed by atoms with van der Waals surface area (Å²) in [5.41, 5.74) is 12.6. The zero-order valence-electron chi connectivity index (χ0n) is 26.9. The number of hydrogen-bond donors (Lipinski definition) is 4. The minimum absolute atomic E-state index is 0.160. The Bertz CT molecular complexity index is 1850. The number of likely N-dealkylation sites (tertiary alicyclic amines) is 1. The first-order valence-corrected chi connectivity index (χ1v) is 16.2. The van der Waals surface area contributed by atoms with Gasteiger partial charge in [0.05, 0.1) is 27.5 Å². The predicted octanol–water partition coefficient (Wildman–Crippen LogP) is 7.65. The van der Waals surface area contributed by atoms with Gasteiger partial charge in [-0.1, -0.05) is 29.3 Å². The molecule has 2 aromatic carbocycles. The van der Waals surface area contributed by atoms with E-state index in [4.69, 9.17) is 32.6 Å². The average molecular weight is 661 g/mol. The fourth-order valence-electron chi connectivity index (χ4n) is 6.15. The van der Waals surface area contributed by atoms with Gasteiger partial charge in [-0.3, -0.25) is 14.9 Å². The third kappa shape index (κ3) is 6.46. The number of pyridine rings is 1. The number of aromatic nitrogens is 2. The number of aryl methyl sites for hydroxylation is 3. The van der Waals surface area contributed by atoms with Crippen molar-refractivity contribution >= 4 is 51.2 Å². The molecule has 4 aromatic rings. The molecule has 2 aliphatic heterocycles. The number of rotatable bonds is 7. The average Bonchev–Trinajstić information content (AvgIpc) is 3.64. The number of piperidine rings is 1. The molecule has 0 saturated carbocycles. The highest BCUT2D eigenvalue weighted by atomic mass is 35.5. The van der Waals surface area contributed by atoms with E-state index < -0.39 is 6.04 Å². The molecule has 0 aliphatic carbocycles. The van der Waals surface area contributed by atoms with E-state index >= 15 is 0 Å². The molecule has 0 bridgehead atoms. The Morgan fingerprint density at radius 1 is 1.07 bits per heavy atom. The molecule has 6 rings (SSSR count). The minimum atomic E-state index is -0.391. The Morgan fingerprint density at radius 3 is 2.46 bits per heavy atom. The van der Waals surface area contributed by atoms with Crippen molar-refractivity contribution in [2.75, 3.05) is 23.7 Å². The van der Waals surface area contributed by atoms with Crippen LogP contribution in [0.15, 0.2) is 52.8 Å². The summed E-state index contributed by atoms with van der Waals surface area (Å²) in [7, 11) is 0. The molecule has 1 atom stereocenters. The summed E-state index contributed by atoms with van der Waals surface area (Å²) < 4.78 is 5.87. The van der Waals surface area contributed by atoms with Crippen LogP contribution in [0.3, 0.4) is 0 Å². The highest BCUT2D eigenvalue weighted by Crippen LogP contribution is 2.38. The maximum atomic E-state index is 10.00. The third-order valence-electron chi connectivity index (χ3n) is 8.74. The van der Waals surface area contributed by atoms with Gasteiger partial charge in [-0.15, -0.1) is 5.53 Å². The Balaban J connectivity index is 1.35. The number of nitrogens with zero attached hydrogens (tertiary/aromatic N) is 5. The second kappa shape index (κ2) is 12.6. The molecule has 0 spiro atoms. The van der Waals surface area contributed by atoms with Gasteiger partial charge >= 0.3 is 0 Å². The maximum absolute atomic E-state index is 10.00. The van der Waals surface area contributed by atoms with Crippen molar-refractivity contribution in [1.29, 1.82) is 5.26 Å². The highest BCUT2D eigenvalue weighted by molar-refractivity contribution is 6.36. The van der Waals surface area contributed by atoms with E-state index in [2.05, 4.69) is 69.5 Å². The Kier molecular flexibility index (Phi) is 8.79. The summed E-state index contributed by atoms with van der Waals surface area (Å²) in [6.45, 7) is 14.6. The normalized spacial score (nSPS) is 16.7. The third-order valence-corrected chi connectivity index (χ3v) is 9.43. The van der Waals surface area contributed by atoms with Crippen LogP contribution in [0.25, 0.3) is 10.9 Å². The summed E-state index contributed by atoms with van der Waals surface area (Å²) in [6, 6.07) is 11.7. The Morgan fingerprint density at radius 2 is 1.80 bits per heavy atom. The molecule has 0 amide bonds. The minimum Gasteiger partial charge on any atom is -0.446 e. The van der Waals surface area contributed by atoms with Crippen LogP contribution in [-0.4, -0.2) is 44.5 Å². The zero-order chi connectivity index (χ0) is 32.7. The Hall–Kier alpha value is -4.01. The van der Waals surface area contributed by atoms with Crippen molar-refractivity contribution in [1.82, 2.24) is 30.8 Å². The van der Waals surface area contributed by atoms with Crippen molar-refractivity contribution in [2.24, 2.45) is 0 Å². The fourth-order valence-corrected chi connectivity index (χ4v) is 6.60. The zero-order valence-corrected chi connectivity index (χ0v) is 28.4. The van der Waals surface area contributed by atoms with Crippen LogP contribution in [0.5, 0.6) is 0 Å². The van der Waals surface area contributed by atoms with Gasteiger partial charge in [0.15, 0.2) is 5.89 Å². The van der Waals surface area contributed by atoms with E-state index in [-0.39, 0.29) is 5.54 Å². The van der Waals surface area contributed by atoms with Crippen molar-refractivity contribution < 1.29 is 4.42 Å². The number of hydrogen-bond acceptors (Lipinski definition) is 10. The summed E-state index contributed by atoms with van der Waals surface area (Å²) >= 11 is 13.3. The van der Waals surface area contributed by atoms with Crippen LogP contribution in [0.4, 0.5) is 17.1 Å². The van der Waals surface area contributed by atoms with Gasteiger partial charge in [-0.05, 0) is 77.3 Å². The van der Waals surface area contributed by atoms with E-state index in [1.165, 1.54) is 6.20 Å². The molecular weight excluding hydrogens is 621 g/mol. The number of oxazole rings is 1. The molecule has 240 valence electrons. The van der Waals surface area contributed by atoms with E-state index in [0.29, 0.717) is 49.9 Å². The van der Waals surface area contributed by atoms with Crippen LogP contribution in [0, 0.1) is 32.1 Å². The van der Waals surface area contributed by atoms with E-state index in [1.54, 1.807) is 0 Å². The monoisotopic (exact) mass is 659 g/mol. The van der Waals surface area contributed by atoms with E-state index in [0.717, 1.165) is 54.3 Å². The standard InChI is InChI=1S/C34H39Cl2N9O/c1-19-7-8-23(14-27(19)35)40-31-22(16-37)17-38-32-26(31)13-24(15-28(32)36)41-33(30-20(2)46-21(3)39-30)29-18-45(43-42-29)25-9-11-44(12-10-25)34(4,5)6/h7-8,13-15,17-18,25,33,41-43H,9-12H2,1-6H3,(H,38,40)/t33-/m1/s1. The first kappa shape index (κ1) is 32.0. The summed E-state index contributed by atoms with van der Waals surface area (Å²) in [5.74, 6) is 1.30. The molecule has 10 nitrogen and oxygen atoms in total. The molecule has 4 heterocycles. The lowest BCUT2D eigenvalue weighted by molar-refractivity contribution is 0.0570. The van der Waals surface area contributed by atoms with Crippen molar-refractivity contribution in [3.63, 3.8) is 0 Å². The van der Waals surface area contributed by atoms with Crippen LogP contribution >= 0.6 is 23.2 Å². The summed E-state index contributed by atoms with van der Waals surface area (Å²) in [6.07, 6.45) is 5.74. The molecule has 12 heteroatoms. The first-order chi connectivity index (χ1) is 21.9. The van der Waals surface area contributed by atoms with E-state index in [1.807, 2.05) is 51.1 Å². The van der Waals surface area contributed by atoms with E-state index in [9.17, 15) is 5.26 Å². The van der Waals surface area contributed by atoms with Crippen LogP contribution in [-0.2, 0) is 0 Å². The predicted molar refractivity (Wildman–Crippen MR) is 184 cm³/mol. The number of fused-ring (bicyclic) bond motifs is 1. The van der Waals surface area contributed by atoms with Gasteiger partial charge in [0.1, 0.15) is 23.6 Å². The molecule has 46 heavy (non-hydrogen) atoms. The topological polar surface area (TPSA) is 117 Å². The smallest absolute Gasteiger partial charge is 0.191 e. The molecular formula is C34H39Cl2N9O. The molecule has 1 fully saturated rings. The SMILES string of the molecule is Cc1nc([C@H](Nc2cc(Cl)c3ncc(C#N)c(Nc4ccc(C)c(Cl)c4)c3c2)C2=CN(C3CCN(C(C)(C)C)CC3)NN2)c(C)o1. The molecule has 1 saturated heterocycles. The van der Waals surface area contributed by atoms with Crippen molar-refractivity contribution in [3.8, 4) is 6.07 Å². The number of nitriles is 1. The lowest BCUT2D eigenvalue weighted by Gasteiger charge is -2.42. The molecule has 4 N–H and O–H groups in total. The largest absolute Gasteiger partial charge is 0.446 e. The van der Waals surface area contributed by atoms with Crippen LogP contribution < -0.4 is 21.6 Å². The quantitative estimate of drug-likeness (QED) is 0.158. The summed E-state index contributed by atoms with van der Waals surface area (Å²) in [5, 5.41) is 21.0. The van der Waals surface area contributed by atoms with Gasteiger partial charge in [0.2, 0.25) is 0 Å². The van der Waals surface area contributed by atoms with Crippen molar-refractivity contribution in [3.05, 3.63) is 86.9 Å². The first-order valence-electron chi connectivity index (χ1n) is 15.4. The van der Waals surface area contributed by atoms with Crippen LogP contribution in [0.1, 0.15) is 68.1 Å². The van der Waals surface area contributed by atoms with Gasteiger partial charge in [0.25, 0.3) is 0 Å². The van der Waals surface area contributed by atoms with Gasteiger partial charge in [-0.25, -0.2) is 4.98 Å². The lowest BCUT2D eigenvalue weighted by Crippen LogP contribution is -2.52. The van der Waals surface area contributed by atoms with Crippen LogP contribution in [0.2, 0.25) is 10.0 Å². The van der Waals surface area contributed by atoms with Gasteiger partial charge in [-0.2, -0.15) is 5.26 Å². The second-order valence-corrected chi connectivity index (χ2v) is 13.8. The Labute approximate surface area is 279 Å². The number of benzene rings is 2. The van der Waals surface area contributed by atoms with Gasteiger partial charge < -0.3 is 20.5 Å². The number of halogens is 2.